The predicted octanol–water partition coefficient (Wildman–Crippen LogP) is 4.80. The highest BCUT2D eigenvalue weighted by Crippen LogP contribution is 2.35. The fourth-order valence-electron chi connectivity index (χ4n) is 1.34. The Morgan fingerprint density at radius 2 is 1.42 bits per heavy atom. The average molecular weight is 352 g/mol. The molecule has 0 bridgehead atoms. The number of benzene rings is 2. The van der Waals surface area contributed by atoms with Crippen LogP contribution in [0.2, 0.25) is 0 Å². The fourth-order valence-corrected chi connectivity index (χ4v) is 1.34. The van der Waals surface area contributed by atoms with Crippen molar-refractivity contribution in [3.8, 4) is 11.5 Å². The summed E-state index contributed by atoms with van der Waals surface area (Å²) in [7, 11) is 0. The van der Waals surface area contributed by atoms with E-state index in [2.05, 4.69) is 0 Å². The van der Waals surface area contributed by atoms with Crippen LogP contribution >= 0.6 is 0 Å². The third-order valence-electron chi connectivity index (χ3n) is 2.65. The van der Waals surface area contributed by atoms with Gasteiger partial charge in [0.15, 0.2) is 12.4 Å². The van der Waals surface area contributed by atoms with E-state index in [4.69, 9.17) is 16.2 Å². The van der Waals surface area contributed by atoms with Crippen LogP contribution in [0.4, 0.5) is 37.7 Å². The molecular weight excluding hydrogens is 338 g/mol. The third kappa shape index (κ3) is 5.25. The SMILES string of the molecule is FCC(F)(F)C(F)(F)F.Nc1cccc(Oc2ccccc2)c1N. The number of anilines is 2. The second kappa shape index (κ2) is 7.80. The predicted molar refractivity (Wildman–Crippen MR) is 78.8 cm³/mol. The van der Waals surface area contributed by atoms with Crippen LogP contribution in [0.5, 0.6) is 11.5 Å². The van der Waals surface area contributed by atoms with Gasteiger partial charge < -0.3 is 16.2 Å². The molecule has 0 aliphatic heterocycles. The van der Waals surface area contributed by atoms with E-state index in [-0.39, 0.29) is 0 Å². The van der Waals surface area contributed by atoms with E-state index in [1.807, 2.05) is 36.4 Å². The lowest BCUT2D eigenvalue weighted by atomic mass is 10.2. The van der Waals surface area contributed by atoms with Gasteiger partial charge in [0.25, 0.3) is 0 Å². The molecule has 0 unspecified atom stereocenters. The topological polar surface area (TPSA) is 61.3 Å². The first-order valence-corrected chi connectivity index (χ1v) is 6.46. The molecule has 2 aromatic carbocycles. The van der Waals surface area contributed by atoms with Gasteiger partial charge in [-0.15, -0.1) is 0 Å². The summed E-state index contributed by atoms with van der Waals surface area (Å²) in [6.07, 6.45) is -5.76. The Balaban J connectivity index is 0.000000277. The number of rotatable bonds is 3. The highest BCUT2D eigenvalue weighted by molar-refractivity contribution is 5.71. The van der Waals surface area contributed by atoms with Gasteiger partial charge in [-0.05, 0) is 24.3 Å². The van der Waals surface area contributed by atoms with Crippen LogP contribution in [0, 0.1) is 0 Å². The molecule has 0 aliphatic rings. The minimum atomic E-state index is -5.76. The maximum Gasteiger partial charge on any atom is 0.456 e. The maximum absolute atomic E-state index is 11.2. The number of ether oxygens (including phenoxy) is 1. The summed E-state index contributed by atoms with van der Waals surface area (Å²) in [4.78, 5) is 0. The zero-order valence-corrected chi connectivity index (χ0v) is 12.2. The van der Waals surface area contributed by atoms with Crippen LogP contribution in [-0.4, -0.2) is 18.8 Å². The van der Waals surface area contributed by atoms with E-state index in [0.29, 0.717) is 17.1 Å². The second-order valence-corrected chi connectivity index (χ2v) is 4.51. The quantitative estimate of drug-likeness (QED) is 0.616. The van der Waals surface area contributed by atoms with Crippen LogP contribution in [0.1, 0.15) is 0 Å². The van der Waals surface area contributed by atoms with E-state index < -0.39 is 18.8 Å². The Hall–Kier alpha value is -2.58. The molecule has 0 heterocycles. The normalized spacial score (nSPS) is 11.4. The largest absolute Gasteiger partial charge is 0.456 e. The summed E-state index contributed by atoms with van der Waals surface area (Å²) in [6, 6.07) is 14.8. The molecule has 9 heteroatoms. The van der Waals surface area contributed by atoms with Gasteiger partial charge in [-0.2, -0.15) is 22.0 Å². The molecular formula is C15H14F6N2O. The Morgan fingerprint density at radius 1 is 0.833 bits per heavy atom. The molecule has 3 nitrogen and oxygen atoms in total. The number of nitrogen functional groups attached to an aromatic ring is 2. The molecule has 2 rings (SSSR count). The molecule has 0 amide bonds. The Bertz CT molecular complexity index is 646. The Morgan fingerprint density at radius 3 is 1.88 bits per heavy atom. The highest BCUT2D eigenvalue weighted by atomic mass is 19.4. The van der Waals surface area contributed by atoms with E-state index >= 15 is 0 Å². The number of para-hydroxylation sites is 2. The zero-order valence-electron chi connectivity index (χ0n) is 12.2. The van der Waals surface area contributed by atoms with Crippen molar-refractivity contribution in [2.45, 2.75) is 12.1 Å². The summed E-state index contributed by atoms with van der Waals surface area (Å²) < 4.78 is 71.2. The molecule has 0 fully saturated rings. The Kier molecular flexibility index (Phi) is 6.33. The van der Waals surface area contributed by atoms with Crippen LogP contribution in [0.15, 0.2) is 48.5 Å². The van der Waals surface area contributed by atoms with Crippen LogP contribution in [-0.2, 0) is 0 Å². The van der Waals surface area contributed by atoms with Crippen molar-refractivity contribution in [2.75, 3.05) is 18.1 Å². The van der Waals surface area contributed by atoms with Crippen molar-refractivity contribution in [1.82, 2.24) is 0 Å². The maximum atomic E-state index is 11.2. The lowest BCUT2D eigenvalue weighted by Crippen LogP contribution is -2.38. The van der Waals surface area contributed by atoms with E-state index in [1.165, 1.54) is 0 Å². The Labute approximate surface area is 133 Å². The van der Waals surface area contributed by atoms with Gasteiger partial charge in [0.05, 0.1) is 11.4 Å². The molecule has 0 aromatic heterocycles. The summed E-state index contributed by atoms with van der Waals surface area (Å²) >= 11 is 0. The number of nitrogens with two attached hydrogens (primary N) is 2. The van der Waals surface area contributed by atoms with Crippen molar-refractivity contribution in [3.63, 3.8) is 0 Å². The van der Waals surface area contributed by atoms with E-state index in [0.717, 1.165) is 5.75 Å². The number of halogens is 6. The fraction of sp³-hybridized carbons (Fsp3) is 0.200. The van der Waals surface area contributed by atoms with E-state index in [9.17, 15) is 26.3 Å². The molecule has 4 N–H and O–H groups in total. The second-order valence-electron chi connectivity index (χ2n) is 4.51. The summed E-state index contributed by atoms with van der Waals surface area (Å²) in [5.41, 5.74) is 12.5. The van der Waals surface area contributed by atoms with Crippen molar-refractivity contribution in [3.05, 3.63) is 48.5 Å². The lowest BCUT2D eigenvalue weighted by Gasteiger charge is -2.14. The standard InChI is InChI=1S/C12H12N2O.C3H2F6/c13-10-7-4-8-11(12(10)14)15-9-5-2-1-3-6-9;4-1-2(5,6)3(7,8)9/h1-8H,13-14H2;1H2. The molecule has 0 saturated heterocycles. The number of hydrogen-bond donors (Lipinski definition) is 2. The van der Waals surface area contributed by atoms with Gasteiger partial charge in [-0.25, -0.2) is 4.39 Å². The molecule has 0 radical (unpaired) electrons. The molecule has 24 heavy (non-hydrogen) atoms. The first-order chi connectivity index (χ1) is 11.1. The smallest absolute Gasteiger partial charge is 0.455 e. The minimum Gasteiger partial charge on any atom is -0.455 e. The molecule has 0 spiro atoms. The summed E-state index contributed by atoms with van der Waals surface area (Å²) in [6.45, 7) is -2.70. The molecule has 0 saturated carbocycles. The first kappa shape index (κ1) is 19.5. The van der Waals surface area contributed by atoms with Gasteiger partial charge in [0.1, 0.15) is 5.75 Å². The van der Waals surface area contributed by atoms with Gasteiger partial charge in [-0.3, -0.25) is 0 Å². The van der Waals surface area contributed by atoms with Crippen molar-refractivity contribution in [1.29, 1.82) is 0 Å². The average Bonchev–Trinajstić information content (AvgIpc) is 2.52. The minimum absolute atomic E-state index is 0.473. The van der Waals surface area contributed by atoms with Crippen LogP contribution in [0.3, 0.4) is 0 Å². The van der Waals surface area contributed by atoms with Crippen molar-refractivity contribution in [2.24, 2.45) is 0 Å². The molecule has 2 aromatic rings. The number of hydrogen-bond acceptors (Lipinski definition) is 3. The van der Waals surface area contributed by atoms with Gasteiger partial charge in [0, 0.05) is 0 Å². The molecule has 0 aliphatic carbocycles. The molecule has 132 valence electrons. The number of alkyl halides is 6. The monoisotopic (exact) mass is 352 g/mol. The van der Waals surface area contributed by atoms with Gasteiger partial charge in [-0.1, -0.05) is 24.3 Å². The van der Waals surface area contributed by atoms with Crippen molar-refractivity contribution >= 4 is 11.4 Å². The first-order valence-electron chi connectivity index (χ1n) is 6.46. The van der Waals surface area contributed by atoms with E-state index in [1.54, 1.807) is 12.1 Å². The van der Waals surface area contributed by atoms with Crippen LogP contribution in [0.25, 0.3) is 0 Å². The van der Waals surface area contributed by atoms with Crippen LogP contribution < -0.4 is 16.2 Å². The lowest BCUT2D eigenvalue weighted by molar-refractivity contribution is -0.286. The highest BCUT2D eigenvalue weighted by Gasteiger charge is 2.57. The molecule has 0 atom stereocenters. The van der Waals surface area contributed by atoms with Gasteiger partial charge in [0.2, 0.25) is 0 Å². The summed E-state index contributed by atoms with van der Waals surface area (Å²) in [5, 5.41) is 0. The summed E-state index contributed by atoms with van der Waals surface area (Å²) in [5.74, 6) is -3.86. The van der Waals surface area contributed by atoms with Gasteiger partial charge >= 0.3 is 12.1 Å². The van der Waals surface area contributed by atoms with Crippen molar-refractivity contribution < 1.29 is 31.1 Å². The zero-order chi connectivity index (χ0) is 18.4. The third-order valence-corrected chi connectivity index (χ3v) is 2.65.